The van der Waals surface area contributed by atoms with Gasteiger partial charge in [-0.2, -0.15) is 5.26 Å². The summed E-state index contributed by atoms with van der Waals surface area (Å²) >= 11 is 1.47. The minimum absolute atomic E-state index is 0.0491. The van der Waals surface area contributed by atoms with Crippen LogP contribution in [0.3, 0.4) is 0 Å². The van der Waals surface area contributed by atoms with Crippen LogP contribution < -0.4 is 10.6 Å². The molecule has 0 atom stereocenters. The van der Waals surface area contributed by atoms with E-state index in [1.165, 1.54) is 17.8 Å². The third kappa shape index (κ3) is 5.43. The van der Waals surface area contributed by atoms with Gasteiger partial charge in [0.05, 0.1) is 11.4 Å². The first-order chi connectivity index (χ1) is 14.1. The molecule has 0 unspecified atom stereocenters. The molecule has 0 aliphatic rings. The molecule has 0 aliphatic carbocycles. The second kappa shape index (κ2) is 9.53. The standard InChI is InChI=1S/C22H15F2N3OS/c23-16-10-11-19(18(24)12-16)26-14-15(13-25)22(28)27-20-8-4-5-9-21(20)29-17-6-2-1-3-7-17/h1-12,14,26H,(H,27,28)/b15-14-. The highest BCUT2D eigenvalue weighted by Crippen LogP contribution is 2.33. The zero-order valence-corrected chi connectivity index (χ0v) is 15.8. The molecule has 3 aromatic rings. The lowest BCUT2D eigenvalue weighted by Crippen LogP contribution is -2.15. The Morgan fingerprint density at radius 1 is 0.966 bits per heavy atom. The van der Waals surface area contributed by atoms with E-state index in [0.717, 1.165) is 22.1 Å². The van der Waals surface area contributed by atoms with E-state index in [9.17, 15) is 18.8 Å². The minimum Gasteiger partial charge on any atom is -0.358 e. The Labute approximate surface area is 170 Å². The number of carbonyl (C=O) groups is 1. The maximum atomic E-state index is 13.7. The van der Waals surface area contributed by atoms with E-state index in [0.29, 0.717) is 11.8 Å². The van der Waals surface area contributed by atoms with Gasteiger partial charge >= 0.3 is 0 Å². The number of rotatable bonds is 6. The predicted molar refractivity (Wildman–Crippen MR) is 109 cm³/mol. The summed E-state index contributed by atoms with van der Waals surface area (Å²) in [5.41, 5.74) is 0.237. The SMILES string of the molecule is N#C/C(=C/Nc1ccc(F)cc1F)C(=O)Nc1ccccc1Sc1ccccc1. The van der Waals surface area contributed by atoms with E-state index in [2.05, 4.69) is 10.6 Å². The van der Waals surface area contributed by atoms with Gasteiger partial charge in [-0.05, 0) is 36.4 Å². The van der Waals surface area contributed by atoms with Crippen molar-refractivity contribution >= 4 is 29.0 Å². The smallest absolute Gasteiger partial charge is 0.267 e. The summed E-state index contributed by atoms with van der Waals surface area (Å²) in [6.45, 7) is 0. The molecule has 0 aromatic heterocycles. The van der Waals surface area contributed by atoms with Crippen molar-refractivity contribution in [3.05, 3.63) is 96.2 Å². The molecule has 1 amide bonds. The summed E-state index contributed by atoms with van der Waals surface area (Å²) < 4.78 is 26.7. The van der Waals surface area contributed by atoms with Gasteiger partial charge in [0.2, 0.25) is 0 Å². The molecular weight excluding hydrogens is 392 g/mol. The Kier molecular flexibility index (Phi) is 6.61. The first kappa shape index (κ1) is 20.1. The fourth-order valence-electron chi connectivity index (χ4n) is 2.37. The average Bonchev–Trinajstić information content (AvgIpc) is 2.72. The van der Waals surface area contributed by atoms with E-state index >= 15 is 0 Å². The largest absolute Gasteiger partial charge is 0.358 e. The highest BCUT2D eigenvalue weighted by molar-refractivity contribution is 7.99. The quantitative estimate of drug-likeness (QED) is 0.414. The number of amides is 1. The van der Waals surface area contributed by atoms with Gasteiger partial charge in [0.1, 0.15) is 23.3 Å². The molecule has 0 fully saturated rings. The lowest BCUT2D eigenvalue weighted by atomic mass is 10.2. The van der Waals surface area contributed by atoms with Crippen molar-refractivity contribution in [3.63, 3.8) is 0 Å². The zero-order valence-electron chi connectivity index (χ0n) is 15.0. The zero-order chi connectivity index (χ0) is 20.6. The number of halogens is 2. The van der Waals surface area contributed by atoms with Crippen LogP contribution in [-0.2, 0) is 4.79 Å². The summed E-state index contributed by atoms with van der Waals surface area (Å²) in [6.07, 6.45) is 1.08. The molecule has 0 saturated heterocycles. The van der Waals surface area contributed by atoms with Crippen LogP contribution in [0.2, 0.25) is 0 Å². The number of para-hydroxylation sites is 1. The maximum absolute atomic E-state index is 13.7. The number of nitriles is 1. The molecule has 0 bridgehead atoms. The van der Waals surface area contributed by atoms with Gasteiger partial charge in [0, 0.05) is 22.1 Å². The summed E-state index contributed by atoms with van der Waals surface area (Å²) in [5, 5.41) is 14.5. The molecule has 144 valence electrons. The van der Waals surface area contributed by atoms with E-state index < -0.39 is 17.5 Å². The van der Waals surface area contributed by atoms with Crippen molar-refractivity contribution in [3.8, 4) is 6.07 Å². The second-order valence-corrected chi connectivity index (χ2v) is 6.92. The number of carbonyl (C=O) groups excluding carboxylic acids is 1. The molecule has 7 heteroatoms. The molecule has 0 spiro atoms. The van der Waals surface area contributed by atoms with Crippen molar-refractivity contribution in [1.29, 1.82) is 5.26 Å². The van der Waals surface area contributed by atoms with Crippen LogP contribution in [-0.4, -0.2) is 5.91 Å². The summed E-state index contributed by atoms with van der Waals surface area (Å²) in [4.78, 5) is 14.3. The van der Waals surface area contributed by atoms with Gasteiger partial charge in [-0.1, -0.05) is 42.1 Å². The van der Waals surface area contributed by atoms with Crippen LogP contribution in [0.25, 0.3) is 0 Å². The highest BCUT2D eigenvalue weighted by Gasteiger charge is 2.13. The summed E-state index contributed by atoms with van der Waals surface area (Å²) in [5.74, 6) is -2.20. The summed E-state index contributed by atoms with van der Waals surface area (Å²) in [7, 11) is 0. The lowest BCUT2D eigenvalue weighted by molar-refractivity contribution is -0.112. The van der Waals surface area contributed by atoms with Crippen LogP contribution in [0, 0.1) is 23.0 Å². The topological polar surface area (TPSA) is 64.9 Å². The third-order valence-electron chi connectivity index (χ3n) is 3.77. The van der Waals surface area contributed by atoms with Crippen LogP contribution in [0.5, 0.6) is 0 Å². The molecule has 0 heterocycles. The number of benzene rings is 3. The van der Waals surface area contributed by atoms with Gasteiger partial charge < -0.3 is 10.6 Å². The number of anilines is 2. The van der Waals surface area contributed by atoms with Crippen molar-refractivity contribution < 1.29 is 13.6 Å². The van der Waals surface area contributed by atoms with Gasteiger partial charge in [-0.3, -0.25) is 4.79 Å². The van der Waals surface area contributed by atoms with Crippen LogP contribution in [0.15, 0.2) is 94.4 Å². The van der Waals surface area contributed by atoms with E-state index in [4.69, 9.17) is 0 Å². The van der Waals surface area contributed by atoms with E-state index in [1.807, 2.05) is 42.5 Å². The Morgan fingerprint density at radius 2 is 1.69 bits per heavy atom. The summed E-state index contributed by atoms with van der Waals surface area (Å²) in [6, 6.07) is 21.6. The first-order valence-corrected chi connectivity index (χ1v) is 9.33. The number of nitrogens with one attached hydrogen (secondary N) is 2. The molecule has 2 N–H and O–H groups in total. The van der Waals surface area contributed by atoms with Gasteiger partial charge in [-0.15, -0.1) is 0 Å². The van der Waals surface area contributed by atoms with Crippen LogP contribution in [0.1, 0.15) is 0 Å². The number of hydrogen-bond donors (Lipinski definition) is 2. The first-order valence-electron chi connectivity index (χ1n) is 8.52. The minimum atomic E-state index is -0.830. The molecule has 4 nitrogen and oxygen atoms in total. The predicted octanol–water partition coefficient (Wildman–Crippen LogP) is 5.57. The van der Waals surface area contributed by atoms with Gasteiger partial charge in [0.25, 0.3) is 5.91 Å². The molecule has 3 rings (SSSR count). The van der Waals surface area contributed by atoms with E-state index in [1.54, 1.807) is 18.2 Å². The van der Waals surface area contributed by atoms with Gasteiger partial charge in [-0.25, -0.2) is 8.78 Å². The van der Waals surface area contributed by atoms with Crippen molar-refractivity contribution in [1.82, 2.24) is 0 Å². The Hall–Kier alpha value is -3.63. The molecule has 3 aromatic carbocycles. The Bertz CT molecular complexity index is 1090. The third-order valence-corrected chi connectivity index (χ3v) is 4.86. The second-order valence-electron chi connectivity index (χ2n) is 5.80. The van der Waals surface area contributed by atoms with Crippen LogP contribution in [0.4, 0.5) is 20.2 Å². The highest BCUT2D eigenvalue weighted by atomic mass is 32.2. The number of hydrogen-bond acceptors (Lipinski definition) is 4. The van der Waals surface area contributed by atoms with Crippen LogP contribution >= 0.6 is 11.8 Å². The van der Waals surface area contributed by atoms with Crippen molar-refractivity contribution in [2.75, 3.05) is 10.6 Å². The fourth-order valence-corrected chi connectivity index (χ4v) is 3.29. The van der Waals surface area contributed by atoms with Crippen molar-refractivity contribution in [2.45, 2.75) is 9.79 Å². The normalized spacial score (nSPS) is 10.9. The molecule has 0 saturated carbocycles. The molecule has 29 heavy (non-hydrogen) atoms. The Balaban J connectivity index is 1.75. The molecule has 0 aliphatic heterocycles. The molecular formula is C22H15F2N3OS. The van der Waals surface area contributed by atoms with Gasteiger partial charge in [0.15, 0.2) is 0 Å². The van der Waals surface area contributed by atoms with Crippen molar-refractivity contribution in [2.24, 2.45) is 0 Å². The fraction of sp³-hybridized carbons (Fsp3) is 0. The monoisotopic (exact) mass is 407 g/mol. The van der Waals surface area contributed by atoms with E-state index in [-0.39, 0.29) is 11.3 Å². The number of nitrogens with zero attached hydrogens (tertiary/aromatic N) is 1. The maximum Gasteiger partial charge on any atom is 0.267 e. The lowest BCUT2D eigenvalue weighted by Gasteiger charge is -2.10. The molecule has 0 radical (unpaired) electrons. The Morgan fingerprint density at radius 3 is 2.41 bits per heavy atom. The average molecular weight is 407 g/mol.